The Morgan fingerprint density at radius 1 is 0.967 bits per heavy atom. The third kappa shape index (κ3) is 4.83. The number of urea groups is 1. The van der Waals surface area contributed by atoms with Gasteiger partial charge in [0.05, 0.1) is 11.9 Å². The first kappa shape index (κ1) is 19.6. The molecule has 2 amide bonds. The van der Waals surface area contributed by atoms with E-state index in [-0.39, 0.29) is 6.03 Å². The predicted octanol–water partition coefficient (Wildman–Crippen LogP) is 3.53. The number of nitrogens with zero attached hydrogens (tertiary/aromatic N) is 5. The number of carbonyl (C=O) groups is 1. The molecule has 4 rings (SSSR count). The topological polar surface area (TPSA) is 86.3 Å². The molecule has 0 bridgehead atoms. The highest BCUT2D eigenvalue weighted by atomic mass is 16.2. The first-order valence-corrected chi connectivity index (χ1v) is 10.1. The molecule has 3 heterocycles. The molecule has 1 aromatic carbocycles. The highest BCUT2D eigenvalue weighted by molar-refractivity contribution is 5.89. The van der Waals surface area contributed by atoms with Gasteiger partial charge in [0, 0.05) is 38.1 Å². The van der Waals surface area contributed by atoms with Crippen molar-refractivity contribution in [3.05, 3.63) is 66.5 Å². The van der Waals surface area contributed by atoms with Gasteiger partial charge in [-0.25, -0.2) is 4.79 Å². The lowest BCUT2D eigenvalue weighted by Crippen LogP contribution is -2.50. The fourth-order valence-corrected chi connectivity index (χ4v) is 3.31. The zero-order chi connectivity index (χ0) is 20.8. The normalized spacial score (nSPS) is 13.8. The van der Waals surface area contributed by atoms with E-state index in [1.807, 2.05) is 53.4 Å². The van der Waals surface area contributed by atoms with E-state index in [1.54, 1.807) is 12.4 Å². The highest BCUT2D eigenvalue weighted by Gasteiger charge is 2.22. The minimum atomic E-state index is -0.0685. The Kier molecular flexibility index (Phi) is 6.03. The van der Waals surface area contributed by atoms with Gasteiger partial charge in [-0.3, -0.25) is 4.98 Å². The van der Waals surface area contributed by atoms with E-state index in [0.29, 0.717) is 32.0 Å². The van der Waals surface area contributed by atoms with Gasteiger partial charge in [-0.1, -0.05) is 19.1 Å². The largest absolute Gasteiger partial charge is 0.352 e. The van der Waals surface area contributed by atoms with Crippen LogP contribution in [0, 0.1) is 0 Å². The third-order valence-electron chi connectivity index (χ3n) is 5.09. The van der Waals surface area contributed by atoms with Crippen LogP contribution in [0.3, 0.4) is 0 Å². The second kappa shape index (κ2) is 9.21. The smallest absolute Gasteiger partial charge is 0.321 e. The van der Waals surface area contributed by atoms with E-state index in [9.17, 15) is 4.79 Å². The van der Waals surface area contributed by atoms with Crippen LogP contribution in [0.5, 0.6) is 0 Å². The number of aryl methyl sites for hydroxylation is 1. The average molecular weight is 403 g/mol. The van der Waals surface area contributed by atoms with Crippen LogP contribution in [0.15, 0.2) is 60.9 Å². The Labute approximate surface area is 176 Å². The number of pyridine rings is 1. The van der Waals surface area contributed by atoms with Crippen LogP contribution < -0.4 is 15.5 Å². The number of benzene rings is 1. The minimum Gasteiger partial charge on any atom is -0.352 e. The van der Waals surface area contributed by atoms with Crippen molar-refractivity contribution in [1.29, 1.82) is 0 Å². The second-order valence-electron chi connectivity index (χ2n) is 7.10. The molecule has 0 saturated carbocycles. The summed E-state index contributed by atoms with van der Waals surface area (Å²) < 4.78 is 0. The molecular weight excluding hydrogens is 378 g/mol. The Hall–Kier alpha value is -3.68. The van der Waals surface area contributed by atoms with Crippen molar-refractivity contribution in [1.82, 2.24) is 20.1 Å². The van der Waals surface area contributed by atoms with Crippen LogP contribution in [0.4, 0.5) is 27.8 Å². The Morgan fingerprint density at radius 3 is 2.40 bits per heavy atom. The molecule has 0 unspecified atom stereocenters. The molecule has 0 spiro atoms. The van der Waals surface area contributed by atoms with Crippen molar-refractivity contribution in [2.75, 3.05) is 41.7 Å². The minimum absolute atomic E-state index is 0.0685. The number of piperazine rings is 1. The van der Waals surface area contributed by atoms with Crippen LogP contribution >= 0.6 is 0 Å². The molecule has 1 fully saturated rings. The summed E-state index contributed by atoms with van der Waals surface area (Å²) in [5, 5.41) is 14.7. The van der Waals surface area contributed by atoms with Gasteiger partial charge in [0.25, 0.3) is 0 Å². The van der Waals surface area contributed by atoms with Crippen molar-refractivity contribution < 1.29 is 4.79 Å². The number of carbonyl (C=O) groups excluding carboxylic acids is 1. The summed E-state index contributed by atoms with van der Waals surface area (Å²) in [7, 11) is 0. The van der Waals surface area contributed by atoms with Gasteiger partial charge < -0.3 is 20.4 Å². The predicted molar refractivity (Wildman–Crippen MR) is 118 cm³/mol. The molecular formula is C22H25N7O. The standard InChI is InChI=1S/C22H25N7O/c1-2-17-5-7-18(8-6-17)25-22(30)29-14-12-28(13-15-29)21-10-9-20(26-27-21)24-19-4-3-11-23-16-19/h3-11,16H,2,12-15H2,1H3,(H,24,26)(H,25,30). The maximum atomic E-state index is 12.5. The molecule has 8 nitrogen and oxygen atoms in total. The average Bonchev–Trinajstić information content (AvgIpc) is 2.81. The van der Waals surface area contributed by atoms with Gasteiger partial charge in [-0.2, -0.15) is 0 Å². The first-order valence-electron chi connectivity index (χ1n) is 10.1. The molecule has 3 aromatic rings. The molecule has 0 aliphatic carbocycles. The van der Waals surface area contributed by atoms with Gasteiger partial charge in [-0.05, 0) is 48.4 Å². The van der Waals surface area contributed by atoms with Crippen molar-refractivity contribution >= 4 is 29.0 Å². The summed E-state index contributed by atoms with van der Waals surface area (Å²) in [4.78, 5) is 20.6. The van der Waals surface area contributed by atoms with E-state index in [0.717, 1.165) is 23.6 Å². The molecule has 1 saturated heterocycles. The monoisotopic (exact) mass is 403 g/mol. The van der Waals surface area contributed by atoms with Crippen molar-refractivity contribution in [2.24, 2.45) is 0 Å². The van der Waals surface area contributed by atoms with E-state index < -0.39 is 0 Å². The van der Waals surface area contributed by atoms with E-state index in [1.165, 1.54) is 5.56 Å². The van der Waals surface area contributed by atoms with Crippen LogP contribution in [-0.4, -0.2) is 52.3 Å². The molecule has 1 aliphatic rings. The van der Waals surface area contributed by atoms with E-state index in [4.69, 9.17) is 0 Å². The summed E-state index contributed by atoms with van der Waals surface area (Å²) in [5.41, 5.74) is 2.94. The summed E-state index contributed by atoms with van der Waals surface area (Å²) in [5.74, 6) is 1.47. The van der Waals surface area contributed by atoms with Crippen LogP contribution in [0.25, 0.3) is 0 Å². The summed E-state index contributed by atoms with van der Waals surface area (Å²) in [6.07, 6.45) is 4.44. The molecule has 1 aliphatic heterocycles. The lowest BCUT2D eigenvalue weighted by molar-refractivity contribution is 0.208. The number of nitrogens with one attached hydrogen (secondary N) is 2. The molecule has 2 N–H and O–H groups in total. The van der Waals surface area contributed by atoms with E-state index in [2.05, 4.69) is 37.6 Å². The molecule has 8 heteroatoms. The molecule has 0 atom stereocenters. The van der Waals surface area contributed by atoms with Gasteiger partial charge in [-0.15, -0.1) is 10.2 Å². The van der Waals surface area contributed by atoms with Crippen LogP contribution in [0.2, 0.25) is 0 Å². The Morgan fingerprint density at radius 2 is 1.77 bits per heavy atom. The SMILES string of the molecule is CCc1ccc(NC(=O)N2CCN(c3ccc(Nc4cccnc4)nn3)CC2)cc1. The van der Waals surface area contributed by atoms with Crippen LogP contribution in [0.1, 0.15) is 12.5 Å². The van der Waals surface area contributed by atoms with Crippen LogP contribution in [-0.2, 0) is 6.42 Å². The second-order valence-corrected chi connectivity index (χ2v) is 7.10. The van der Waals surface area contributed by atoms with Crippen molar-refractivity contribution in [3.63, 3.8) is 0 Å². The molecule has 2 aromatic heterocycles. The quantitative estimate of drug-likeness (QED) is 0.678. The maximum Gasteiger partial charge on any atom is 0.321 e. The zero-order valence-corrected chi connectivity index (χ0v) is 17.0. The fraction of sp³-hybridized carbons (Fsp3) is 0.273. The van der Waals surface area contributed by atoms with Gasteiger partial charge >= 0.3 is 6.03 Å². The Bertz CT molecular complexity index is 953. The number of rotatable bonds is 5. The van der Waals surface area contributed by atoms with E-state index >= 15 is 0 Å². The van der Waals surface area contributed by atoms with Gasteiger partial charge in [0.15, 0.2) is 11.6 Å². The van der Waals surface area contributed by atoms with Crippen molar-refractivity contribution in [2.45, 2.75) is 13.3 Å². The number of amides is 2. The third-order valence-corrected chi connectivity index (χ3v) is 5.09. The highest BCUT2D eigenvalue weighted by Crippen LogP contribution is 2.18. The summed E-state index contributed by atoms with van der Waals surface area (Å²) in [6.45, 7) is 4.81. The fourth-order valence-electron chi connectivity index (χ4n) is 3.31. The lowest BCUT2D eigenvalue weighted by atomic mass is 10.1. The molecule has 0 radical (unpaired) electrons. The van der Waals surface area contributed by atoms with Gasteiger partial charge in [0.2, 0.25) is 0 Å². The maximum absolute atomic E-state index is 12.5. The zero-order valence-electron chi connectivity index (χ0n) is 17.0. The number of hydrogen-bond acceptors (Lipinski definition) is 6. The lowest BCUT2D eigenvalue weighted by Gasteiger charge is -2.35. The number of aromatic nitrogens is 3. The number of anilines is 4. The van der Waals surface area contributed by atoms with Gasteiger partial charge in [0.1, 0.15) is 0 Å². The molecule has 30 heavy (non-hydrogen) atoms. The summed E-state index contributed by atoms with van der Waals surface area (Å²) in [6, 6.07) is 15.5. The number of hydrogen-bond donors (Lipinski definition) is 2. The Balaban J connectivity index is 1.28. The van der Waals surface area contributed by atoms with Crippen molar-refractivity contribution in [3.8, 4) is 0 Å². The molecule has 154 valence electrons. The first-order chi connectivity index (χ1) is 14.7. The summed E-state index contributed by atoms with van der Waals surface area (Å²) >= 11 is 0.